The van der Waals surface area contributed by atoms with E-state index in [9.17, 15) is 14.4 Å². The average molecular weight is 241 g/mol. The maximum atomic E-state index is 11.8. The first kappa shape index (κ1) is 11.4. The third-order valence-electron chi connectivity index (χ3n) is 2.66. The van der Waals surface area contributed by atoms with E-state index < -0.39 is 23.9 Å². The van der Waals surface area contributed by atoms with Crippen LogP contribution in [0, 0.1) is 0 Å². The number of carbonyl (C=O) groups excluding carboxylic acids is 3. The highest BCUT2D eigenvalue weighted by Gasteiger charge is 2.48. The van der Waals surface area contributed by atoms with Crippen molar-refractivity contribution in [3.63, 3.8) is 0 Å². The Kier molecular flexibility index (Phi) is 2.74. The van der Waals surface area contributed by atoms with Gasteiger partial charge in [-0.25, -0.2) is 9.59 Å². The fourth-order valence-electron chi connectivity index (χ4n) is 1.81. The van der Waals surface area contributed by atoms with Crippen molar-refractivity contribution in [2.45, 2.75) is 12.5 Å². The van der Waals surface area contributed by atoms with Crippen LogP contribution < -0.4 is 0 Å². The normalized spacial score (nSPS) is 22.4. The van der Waals surface area contributed by atoms with Gasteiger partial charge in [-0.05, 0) is 0 Å². The largest absolute Gasteiger partial charge is 0.466 e. The van der Waals surface area contributed by atoms with E-state index in [1.165, 1.54) is 12.0 Å². The van der Waals surface area contributed by atoms with Gasteiger partial charge in [-0.1, -0.05) is 0 Å². The Bertz CT molecular complexity index is 427. The molecule has 7 heteroatoms. The first-order valence-corrected chi connectivity index (χ1v) is 4.97. The zero-order valence-electron chi connectivity index (χ0n) is 9.39. The molecule has 0 aliphatic carbocycles. The summed E-state index contributed by atoms with van der Waals surface area (Å²) in [5.41, 5.74) is 0.271. The van der Waals surface area contributed by atoms with Crippen LogP contribution in [-0.2, 0) is 28.6 Å². The summed E-state index contributed by atoms with van der Waals surface area (Å²) in [6.07, 6.45) is -0.947. The van der Waals surface area contributed by atoms with Crippen molar-refractivity contribution >= 4 is 17.8 Å². The molecule has 0 radical (unpaired) electrons. The molecule has 0 bridgehead atoms. The Hall–Kier alpha value is -2.05. The van der Waals surface area contributed by atoms with Crippen molar-refractivity contribution in [2.75, 3.05) is 20.8 Å². The minimum atomic E-state index is -1.31. The van der Waals surface area contributed by atoms with E-state index in [0.717, 1.165) is 7.11 Å². The minimum Gasteiger partial charge on any atom is -0.466 e. The monoisotopic (exact) mass is 241 g/mol. The van der Waals surface area contributed by atoms with Crippen LogP contribution in [0.15, 0.2) is 11.5 Å². The second-order valence-corrected chi connectivity index (χ2v) is 3.54. The second kappa shape index (κ2) is 4.08. The van der Waals surface area contributed by atoms with E-state index in [1.54, 1.807) is 0 Å². The third kappa shape index (κ3) is 1.63. The molecule has 1 fully saturated rings. The number of hydrogen-bond donors (Lipinski definition) is 0. The number of fused-ring (bicyclic) bond motifs is 1. The molecular formula is C10H11NO6. The van der Waals surface area contributed by atoms with Crippen LogP contribution in [-0.4, -0.2) is 49.6 Å². The van der Waals surface area contributed by atoms with Crippen LogP contribution in [0.2, 0.25) is 0 Å². The van der Waals surface area contributed by atoms with E-state index in [2.05, 4.69) is 9.47 Å². The Balaban J connectivity index is 2.29. The van der Waals surface area contributed by atoms with E-state index in [0.29, 0.717) is 13.0 Å². The Morgan fingerprint density at radius 1 is 1.35 bits per heavy atom. The molecule has 0 spiro atoms. The van der Waals surface area contributed by atoms with Gasteiger partial charge in [-0.3, -0.25) is 9.69 Å². The van der Waals surface area contributed by atoms with Crippen molar-refractivity contribution in [1.82, 2.24) is 4.90 Å². The van der Waals surface area contributed by atoms with Gasteiger partial charge in [0, 0.05) is 13.0 Å². The summed E-state index contributed by atoms with van der Waals surface area (Å²) < 4.78 is 14.2. The van der Waals surface area contributed by atoms with Crippen LogP contribution >= 0.6 is 0 Å². The molecule has 7 nitrogen and oxygen atoms in total. The molecule has 92 valence electrons. The summed E-state index contributed by atoms with van der Waals surface area (Å²) in [7, 11) is 2.41. The van der Waals surface area contributed by atoms with Gasteiger partial charge >= 0.3 is 11.9 Å². The van der Waals surface area contributed by atoms with Gasteiger partial charge in [0.05, 0.1) is 19.8 Å². The van der Waals surface area contributed by atoms with E-state index >= 15 is 0 Å². The molecule has 0 saturated carbocycles. The topological polar surface area (TPSA) is 82.1 Å². The molecule has 0 aromatic rings. The number of esters is 2. The highest BCUT2D eigenvalue weighted by atomic mass is 16.6. The summed E-state index contributed by atoms with van der Waals surface area (Å²) in [6.45, 7) is 0.312. The molecule has 2 heterocycles. The van der Waals surface area contributed by atoms with Gasteiger partial charge in [0.25, 0.3) is 12.0 Å². The van der Waals surface area contributed by atoms with E-state index in [1.807, 2.05) is 0 Å². The number of amides is 1. The SMILES string of the molecule is COC(=O)C1=C2OC(C(=O)OC)C(=O)N2CC1. The quantitative estimate of drug-likeness (QED) is 0.464. The van der Waals surface area contributed by atoms with Crippen molar-refractivity contribution < 1.29 is 28.6 Å². The first-order chi connectivity index (χ1) is 8.10. The second-order valence-electron chi connectivity index (χ2n) is 3.54. The number of carbonyl (C=O) groups is 3. The first-order valence-electron chi connectivity index (χ1n) is 4.97. The Morgan fingerprint density at radius 2 is 2.06 bits per heavy atom. The third-order valence-corrected chi connectivity index (χ3v) is 2.66. The lowest BCUT2D eigenvalue weighted by Crippen LogP contribution is -2.34. The zero-order valence-corrected chi connectivity index (χ0v) is 9.39. The number of rotatable bonds is 2. The van der Waals surface area contributed by atoms with Crippen LogP contribution in [0.1, 0.15) is 6.42 Å². The highest BCUT2D eigenvalue weighted by Crippen LogP contribution is 2.32. The molecule has 2 rings (SSSR count). The fourth-order valence-corrected chi connectivity index (χ4v) is 1.81. The fraction of sp³-hybridized carbons (Fsp3) is 0.500. The standard InChI is InChI=1S/C10H11NO6/c1-15-9(13)5-3-4-11-7(12)6(10(14)16-2)17-8(5)11/h6H,3-4H2,1-2H3. The van der Waals surface area contributed by atoms with Gasteiger partial charge < -0.3 is 14.2 Å². The van der Waals surface area contributed by atoms with Crippen molar-refractivity contribution in [3.05, 3.63) is 11.5 Å². The maximum Gasteiger partial charge on any atom is 0.357 e. The summed E-state index contributed by atoms with van der Waals surface area (Å²) in [4.78, 5) is 35.7. The van der Waals surface area contributed by atoms with Crippen molar-refractivity contribution in [1.29, 1.82) is 0 Å². The molecule has 1 atom stereocenters. The average Bonchev–Trinajstić information content (AvgIpc) is 2.88. The zero-order chi connectivity index (χ0) is 12.6. The van der Waals surface area contributed by atoms with E-state index in [4.69, 9.17) is 4.74 Å². The summed E-state index contributed by atoms with van der Waals surface area (Å²) in [5, 5.41) is 0. The number of methoxy groups -OCH3 is 2. The molecular weight excluding hydrogens is 230 g/mol. The van der Waals surface area contributed by atoms with Crippen LogP contribution in [0.3, 0.4) is 0 Å². The van der Waals surface area contributed by atoms with Crippen molar-refractivity contribution in [2.24, 2.45) is 0 Å². The molecule has 17 heavy (non-hydrogen) atoms. The summed E-state index contributed by atoms with van der Waals surface area (Å²) >= 11 is 0. The Labute approximate surface area is 96.9 Å². The molecule has 1 saturated heterocycles. The molecule has 0 aromatic heterocycles. The molecule has 1 unspecified atom stereocenters. The van der Waals surface area contributed by atoms with Crippen LogP contribution in [0.4, 0.5) is 0 Å². The molecule has 0 aromatic carbocycles. The molecule has 2 aliphatic rings. The van der Waals surface area contributed by atoms with E-state index in [-0.39, 0.29) is 11.5 Å². The number of nitrogens with zero attached hydrogens (tertiary/aromatic N) is 1. The Morgan fingerprint density at radius 3 is 2.65 bits per heavy atom. The van der Waals surface area contributed by atoms with Crippen LogP contribution in [0.25, 0.3) is 0 Å². The van der Waals surface area contributed by atoms with Gasteiger partial charge in [0.1, 0.15) is 0 Å². The summed E-state index contributed by atoms with van der Waals surface area (Å²) in [5.74, 6) is -1.73. The molecule has 2 aliphatic heterocycles. The lowest BCUT2D eigenvalue weighted by atomic mass is 10.2. The maximum absolute atomic E-state index is 11.8. The van der Waals surface area contributed by atoms with Gasteiger partial charge in [0.15, 0.2) is 0 Å². The van der Waals surface area contributed by atoms with Gasteiger partial charge in [-0.15, -0.1) is 0 Å². The van der Waals surface area contributed by atoms with Gasteiger partial charge in [0.2, 0.25) is 5.88 Å². The lowest BCUT2D eigenvalue weighted by molar-refractivity contribution is -0.154. The summed E-state index contributed by atoms with van der Waals surface area (Å²) in [6, 6.07) is 0. The molecule has 0 N–H and O–H groups in total. The smallest absolute Gasteiger partial charge is 0.357 e. The number of hydrogen-bond acceptors (Lipinski definition) is 6. The van der Waals surface area contributed by atoms with Crippen LogP contribution in [0.5, 0.6) is 0 Å². The molecule has 1 amide bonds. The highest BCUT2D eigenvalue weighted by molar-refractivity contribution is 6.04. The minimum absolute atomic E-state index is 0.109. The van der Waals surface area contributed by atoms with Crippen molar-refractivity contribution in [3.8, 4) is 0 Å². The predicted octanol–water partition coefficient (Wildman–Crippen LogP) is -0.825. The number of ether oxygens (including phenoxy) is 3. The van der Waals surface area contributed by atoms with Gasteiger partial charge in [-0.2, -0.15) is 0 Å². The predicted molar refractivity (Wildman–Crippen MR) is 52.3 cm³/mol. The lowest BCUT2D eigenvalue weighted by Gasteiger charge is -2.06.